The first-order valence-electron chi connectivity index (χ1n) is 3.18. The molecule has 0 bridgehead atoms. The summed E-state index contributed by atoms with van der Waals surface area (Å²) in [5.74, 6) is 0. The Kier molecular flexibility index (Phi) is 3.85. The fourth-order valence-electron chi connectivity index (χ4n) is 0.674. The van der Waals surface area contributed by atoms with Gasteiger partial charge in [0.1, 0.15) is 0 Å². The first-order chi connectivity index (χ1) is 4.22. The van der Waals surface area contributed by atoms with Gasteiger partial charge in [-0.1, -0.05) is 12.2 Å². The van der Waals surface area contributed by atoms with E-state index in [0.717, 1.165) is 0 Å². The zero-order valence-electron chi connectivity index (χ0n) is 6.68. The Hall–Kier alpha value is -0.720. The lowest BCUT2D eigenvalue weighted by Crippen LogP contribution is -2.08. The summed E-state index contributed by atoms with van der Waals surface area (Å²) in [4.78, 5) is 2.08. The smallest absolute Gasteiger partial charge is 0.0314 e. The van der Waals surface area contributed by atoms with Gasteiger partial charge in [-0.3, -0.25) is 0 Å². The summed E-state index contributed by atoms with van der Waals surface area (Å²) in [5, 5.41) is 0. The summed E-state index contributed by atoms with van der Waals surface area (Å²) in [5.41, 5.74) is 1.25. The first kappa shape index (κ1) is 8.28. The molecule has 0 unspecified atom stereocenters. The van der Waals surface area contributed by atoms with Crippen molar-refractivity contribution in [2.75, 3.05) is 14.1 Å². The van der Waals surface area contributed by atoms with E-state index in [4.69, 9.17) is 0 Å². The third kappa shape index (κ3) is 2.96. The number of hydrogen-bond acceptors (Lipinski definition) is 1. The van der Waals surface area contributed by atoms with Crippen molar-refractivity contribution in [3.63, 3.8) is 0 Å². The Balaban J connectivity index is 4.01. The first-order valence-corrected chi connectivity index (χ1v) is 3.18. The second-order valence-corrected chi connectivity index (χ2v) is 2.11. The molecule has 0 saturated carbocycles. The van der Waals surface area contributed by atoms with Gasteiger partial charge in [-0.25, -0.2) is 0 Å². The van der Waals surface area contributed by atoms with Crippen LogP contribution in [0, 0.1) is 0 Å². The van der Waals surface area contributed by atoms with Crippen LogP contribution in [0.1, 0.15) is 13.8 Å². The fraction of sp³-hybridized carbons (Fsp3) is 0.500. The normalized spacial score (nSPS) is 12.7. The second-order valence-electron chi connectivity index (χ2n) is 2.11. The van der Waals surface area contributed by atoms with E-state index in [2.05, 4.69) is 17.1 Å². The van der Waals surface area contributed by atoms with Crippen molar-refractivity contribution < 1.29 is 0 Å². The minimum atomic E-state index is 1.25. The summed E-state index contributed by atoms with van der Waals surface area (Å²) in [7, 11) is 4.07. The van der Waals surface area contributed by atoms with Gasteiger partial charge in [0, 0.05) is 19.8 Å². The molecule has 0 heterocycles. The van der Waals surface area contributed by atoms with Crippen molar-refractivity contribution in [2.24, 2.45) is 0 Å². The number of likely N-dealkylation sites (N-methyl/N-ethyl adjacent to an activating group) is 1. The number of rotatable bonds is 2. The van der Waals surface area contributed by atoms with Crippen LogP contribution in [0.2, 0.25) is 0 Å². The fourth-order valence-corrected chi connectivity index (χ4v) is 0.674. The van der Waals surface area contributed by atoms with Gasteiger partial charge >= 0.3 is 0 Å². The maximum atomic E-state index is 2.08. The molecule has 0 aromatic heterocycles. The topological polar surface area (TPSA) is 3.24 Å². The standard InChI is InChI=1S/C8H15N/c1-5-7-8(6-2)9(3)4/h5-7H,1-4H3/b7-5-,8-6+. The van der Waals surface area contributed by atoms with Crippen LogP contribution in [-0.4, -0.2) is 19.0 Å². The highest BCUT2D eigenvalue weighted by Crippen LogP contribution is 1.98. The summed E-state index contributed by atoms with van der Waals surface area (Å²) in [6.45, 7) is 4.06. The molecule has 9 heavy (non-hydrogen) atoms. The van der Waals surface area contributed by atoms with Crippen LogP contribution in [0.15, 0.2) is 23.9 Å². The van der Waals surface area contributed by atoms with Crippen molar-refractivity contribution in [1.29, 1.82) is 0 Å². The lowest BCUT2D eigenvalue weighted by atomic mass is 10.3. The summed E-state index contributed by atoms with van der Waals surface area (Å²) < 4.78 is 0. The van der Waals surface area contributed by atoms with Crippen molar-refractivity contribution in [3.8, 4) is 0 Å². The molecule has 0 fully saturated rings. The Bertz CT molecular complexity index is 121. The molecule has 0 aliphatic rings. The molecule has 0 aromatic rings. The molecule has 1 nitrogen and oxygen atoms in total. The van der Waals surface area contributed by atoms with E-state index in [1.807, 2.05) is 34.0 Å². The highest BCUT2D eigenvalue weighted by molar-refractivity contribution is 5.14. The third-order valence-corrected chi connectivity index (χ3v) is 1.15. The summed E-state index contributed by atoms with van der Waals surface area (Å²) in [6.07, 6.45) is 6.20. The molecule has 0 aromatic carbocycles. The zero-order chi connectivity index (χ0) is 7.28. The Morgan fingerprint density at radius 1 is 1.22 bits per heavy atom. The quantitative estimate of drug-likeness (QED) is 0.510. The van der Waals surface area contributed by atoms with Gasteiger partial charge in [-0.15, -0.1) is 0 Å². The van der Waals surface area contributed by atoms with Gasteiger partial charge in [0.25, 0.3) is 0 Å². The number of nitrogens with zero attached hydrogens (tertiary/aromatic N) is 1. The van der Waals surface area contributed by atoms with Crippen LogP contribution < -0.4 is 0 Å². The number of hydrogen-bond donors (Lipinski definition) is 0. The molecule has 0 rings (SSSR count). The van der Waals surface area contributed by atoms with Crippen molar-refractivity contribution >= 4 is 0 Å². The van der Waals surface area contributed by atoms with Gasteiger partial charge < -0.3 is 4.90 Å². The molecule has 52 valence electrons. The van der Waals surface area contributed by atoms with E-state index in [1.54, 1.807) is 0 Å². The molecule has 1 heteroatoms. The van der Waals surface area contributed by atoms with Crippen molar-refractivity contribution in [1.82, 2.24) is 4.90 Å². The maximum Gasteiger partial charge on any atom is 0.0314 e. The van der Waals surface area contributed by atoms with Gasteiger partial charge in [-0.05, 0) is 19.9 Å². The van der Waals surface area contributed by atoms with Crippen LogP contribution in [0.4, 0.5) is 0 Å². The zero-order valence-corrected chi connectivity index (χ0v) is 6.68. The molecule has 0 N–H and O–H groups in total. The lowest BCUT2D eigenvalue weighted by molar-refractivity contribution is 0.529. The average molecular weight is 125 g/mol. The van der Waals surface area contributed by atoms with Gasteiger partial charge in [0.05, 0.1) is 0 Å². The Morgan fingerprint density at radius 2 is 1.78 bits per heavy atom. The van der Waals surface area contributed by atoms with E-state index in [9.17, 15) is 0 Å². The lowest BCUT2D eigenvalue weighted by Gasteiger charge is -2.11. The van der Waals surface area contributed by atoms with Crippen LogP contribution in [0.3, 0.4) is 0 Å². The van der Waals surface area contributed by atoms with Gasteiger partial charge in [0.2, 0.25) is 0 Å². The molecular weight excluding hydrogens is 110 g/mol. The molecule has 0 aliphatic heterocycles. The second kappa shape index (κ2) is 4.19. The molecule has 0 spiro atoms. The molecule has 0 radical (unpaired) electrons. The predicted octanol–water partition coefficient (Wildman–Crippen LogP) is 2.03. The van der Waals surface area contributed by atoms with Crippen LogP contribution in [0.25, 0.3) is 0 Å². The molecule has 0 amide bonds. The molecule has 0 atom stereocenters. The number of allylic oxidation sites excluding steroid dienone is 3. The highest BCUT2D eigenvalue weighted by atomic mass is 15.1. The Morgan fingerprint density at radius 3 is 1.89 bits per heavy atom. The Labute approximate surface area is 57.7 Å². The third-order valence-electron chi connectivity index (χ3n) is 1.15. The van der Waals surface area contributed by atoms with Crippen molar-refractivity contribution in [2.45, 2.75) is 13.8 Å². The summed E-state index contributed by atoms with van der Waals surface area (Å²) in [6, 6.07) is 0. The highest BCUT2D eigenvalue weighted by Gasteiger charge is 1.88. The maximum absolute atomic E-state index is 2.08. The van der Waals surface area contributed by atoms with Crippen molar-refractivity contribution in [3.05, 3.63) is 23.9 Å². The molecular formula is C8H15N. The monoisotopic (exact) mass is 125 g/mol. The predicted molar refractivity (Wildman–Crippen MR) is 42.3 cm³/mol. The largest absolute Gasteiger partial charge is 0.378 e. The molecule has 0 saturated heterocycles. The minimum absolute atomic E-state index is 1.25. The summed E-state index contributed by atoms with van der Waals surface area (Å²) >= 11 is 0. The van der Waals surface area contributed by atoms with E-state index in [1.165, 1.54) is 5.70 Å². The van der Waals surface area contributed by atoms with Gasteiger partial charge in [-0.2, -0.15) is 0 Å². The van der Waals surface area contributed by atoms with Crippen LogP contribution >= 0.6 is 0 Å². The minimum Gasteiger partial charge on any atom is -0.378 e. The van der Waals surface area contributed by atoms with Crippen LogP contribution in [0.5, 0.6) is 0 Å². The van der Waals surface area contributed by atoms with E-state index in [0.29, 0.717) is 0 Å². The SMILES string of the molecule is C/C=C\C(=C/C)N(C)C. The van der Waals surface area contributed by atoms with Gasteiger partial charge in [0.15, 0.2) is 0 Å². The van der Waals surface area contributed by atoms with Crippen LogP contribution in [-0.2, 0) is 0 Å². The molecule has 0 aliphatic carbocycles. The van der Waals surface area contributed by atoms with E-state index < -0.39 is 0 Å². The average Bonchev–Trinajstić information content (AvgIpc) is 1.82. The van der Waals surface area contributed by atoms with E-state index in [-0.39, 0.29) is 0 Å². The van der Waals surface area contributed by atoms with E-state index >= 15 is 0 Å².